The SMILES string of the molecule is COc1ccccc1NC(C)(C(=O)O)C(C)OC. The third-order valence-corrected chi connectivity index (χ3v) is 3.11. The van der Waals surface area contributed by atoms with Crippen LogP contribution in [0.2, 0.25) is 0 Å². The van der Waals surface area contributed by atoms with Crippen LogP contribution in [0.3, 0.4) is 0 Å². The van der Waals surface area contributed by atoms with Gasteiger partial charge < -0.3 is 19.9 Å². The molecule has 2 unspecified atom stereocenters. The second-order valence-electron chi connectivity index (χ2n) is 4.21. The summed E-state index contributed by atoms with van der Waals surface area (Å²) in [5.74, 6) is -0.393. The van der Waals surface area contributed by atoms with Gasteiger partial charge in [-0.15, -0.1) is 0 Å². The number of aliphatic carboxylic acids is 1. The molecule has 0 saturated heterocycles. The molecule has 2 N–H and O–H groups in total. The zero-order chi connectivity index (χ0) is 13.8. The van der Waals surface area contributed by atoms with Crippen LogP contribution in [0.5, 0.6) is 5.75 Å². The Hall–Kier alpha value is -1.75. The summed E-state index contributed by atoms with van der Waals surface area (Å²) in [6.07, 6.45) is -0.500. The van der Waals surface area contributed by atoms with Crippen molar-refractivity contribution in [3.05, 3.63) is 24.3 Å². The van der Waals surface area contributed by atoms with Crippen molar-refractivity contribution in [2.24, 2.45) is 0 Å². The van der Waals surface area contributed by atoms with Gasteiger partial charge in [0.05, 0.1) is 18.9 Å². The molecule has 0 aliphatic rings. The van der Waals surface area contributed by atoms with E-state index in [4.69, 9.17) is 9.47 Å². The maximum Gasteiger partial charge on any atom is 0.331 e. The lowest BCUT2D eigenvalue weighted by atomic mass is 9.95. The average Bonchev–Trinajstić information content (AvgIpc) is 2.37. The van der Waals surface area contributed by atoms with Crippen LogP contribution in [0, 0.1) is 0 Å². The standard InChI is InChI=1S/C13H19NO4/c1-9(17-3)13(2,12(15)16)14-10-7-5-6-8-11(10)18-4/h5-9,14H,1-4H3,(H,15,16). The van der Waals surface area contributed by atoms with Gasteiger partial charge in [0.1, 0.15) is 5.75 Å². The number of nitrogens with one attached hydrogen (secondary N) is 1. The first-order chi connectivity index (χ1) is 8.45. The Morgan fingerprint density at radius 2 is 2.00 bits per heavy atom. The van der Waals surface area contributed by atoms with Crippen LogP contribution in [0.25, 0.3) is 0 Å². The number of rotatable bonds is 6. The number of carbonyl (C=O) groups is 1. The highest BCUT2D eigenvalue weighted by Gasteiger charge is 2.40. The van der Waals surface area contributed by atoms with E-state index in [2.05, 4.69) is 5.32 Å². The van der Waals surface area contributed by atoms with Crippen molar-refractivity contribution in [3.63, 3.8) is 0 Å². The topological polar surface area (TPSA) is 67.8 Å². The summed E-state index contributed by atoms with van der Waals surface area (Å²) in [5.41, 5.74) is -0.613. The molecule has 0 spiro atoms. The zero-order valence-corrected chi connectivity index (χ0v) is 11.1. The summed E-state index contributed by atoms with van der Waals surface area (Å²) in [5, 5.41) is 12.4. The van der Waals surface area contributed by atoms with Gasteiger partial charge in [-0.3, -0.25) is 0 Å². The number of benzene rings is 1. The van der Waals surface area contributed by atoms with Crippen molar-refractivity contribution in [3.8, 4) is 5.75 Å². The number of para-hydroxylation sites is 2. The highest BCUT2D eigenvalue weighted by molar-refractivity contribution is 5.84. The molecule has 2 atom stereocenters. The Morgan fingerprint density at radius 1 is 1.39 bits per heavy atom. The lowest BCUT2D eigenvalue weighted by Crippen LogP contribution is -2.52. The normalized spacial score (nSPS) is 15.6. The van der Waals surface area contributed by atoms with Gasteiger partial charge in [-0.1, -0.05) is 12.1 Å². The molecular weight excluding hydrogens is 234 g/mol. The van der Waals surface area contributed by atoms with E-state index in [0.717, 1.165) is 0 Å². The van der Waals surface area contributed by atoms with Crippen LogP contribution in [0.1, 0.15) is 13.8 Å². The molecule has 0 saturated carbocycles. The number of anilines is 1. The summed E-state index contributed by atoms with van der Waals surface area (Å²) in [6, 6.07) is 7.16. The number of hydrogen-bond donors (Lipinski definition) is 2. The quantitative estimate of drug-likeness (QED) is 0.811. The van der Waals surface area contributed by atoms with Crippen LogP contribution in [-0.4, -0.2) is 36.9 Å². The van der Waals surface area contributed by atoms with Crippen LogP contribution in [0.15, 0.2) is 24.3 Å². The van der Waals surface area contributed by atoms with Gasteiger partial charge in [0, 0.05) is 7.11 Å². The molecule has 1 aromatic rings. The van der Waals surface area contributed by atoms with Crippen molar-refractivity contribution >= 4 is 11.7 Å². The van der Waals surface area contributed by atoms with Gasteiger partial charge in [-0.25, -0.2) is 4.79 Å². The highest BCUT2D eigenvalue weighted by Crippen LogP contribution is 2.28. The molecule has 0 heterocycles. The molecule has 0 bridgehead atoms. The second-order valence-corrected chi connectivity index (χ2v) is 4.21. The Balaban J connectivity index is 3.08. The van der Waals surface area contributed by atoms with E-state index in [0.29, 0.717) is 11.4 Å². The summed E-state index contributed by atoms with van der Waals surface area (Å²) >= 11 is 0. The molecule has 18 heavy (non-hydrogen) atoms. The van der Waals surface area contributed by atoms with E-state index in [9.17, 15) is 9.90 Å². The number of carboxylic acid groups (broad SMARTS) is 1. The van der Waals surface area contributed by atoms with Crippen molar-refractivity contribution in [2.45, 2.75) is 25.5 Å². The van der Waals surface area contributed by atoms with Gasteiger partial charge in [0.2, 0.25) is 0 Å². The maximum atomic E-state index is 11.4. The van der Waals surface area contributed by atoms with Gasteiger partial charge in [0.25, 0.3) is 0 Å². The molecule has 100 valence electrons. The highest BCUT2D eigenvalue weighted by atomic mass is 16.5. The Morgan fingerprint density at radius 3 is 2.50 bits per heavy atom. The van der Waals surface area contributed by atoms with E-state index >= 15 is 0 Å². The van der Waals surface area contributed by atoms with Crippen LogP contribution in [0.4, 0.5) is 5.69 Å². The van der Waals surface area contributed by atoms with E-state index in [1.807, 2.05) is 12.1 Å². The Labute approximate surface area is 107 Å². The summed E-state index contributed by atoms with van der Waals surface area (Å²) in [7, 11) is 3.02. The first-order valence-corrected chi connectivity index (χ1v) is 5.63. The molecule has 0 aliphatic heterocycles. The molecule has 0 amide bonds. The summed E-state index contributed by atoms with van der Waals surface area (Å²) in [6.45, 7) is 3.28. The first-order valence-electron chi connectivity index (χ1n) is 5.63. The fourth-order valence-electron chi connectivity index (χ4n) is 1.59. The predicted molar refractivity (Wildman–Crippen MR) is 69.1 cm³/mol. The fraction of sp³-hybridized carbons (Fsp3) is 0.462. The molecule has 1 rings (SSSR count). The average molecular weight is 253 g/mol. The smallest absolute Gasteiger partial charge is 0.331 e. The minimum atomic E-state index is -1.23. The van der Waals surface area contributed by atoms with E-state index in [-0.39, 0.29) is 0 Å². The largest absolute Gasteiger partial charge is 0.495 e. The van der Waals surface area contributed by atoms with E-state index < -0.39 is 17.6 Å². The monoisotopic (exact) mass is 253 g/mol. The van der Waals surface area contributed by atoms with E-state index in [1.54, 1.807) is 33.1 Å². The van der Waals surface area contributed by atoms with Crippen molar-refractivity contribution < 1.29 is 19.4 Å². The molecular formula is C13H19NO4. The summed E-state index contributed by atoms with van der Waals surface area (Å²) < 4.78 is 10.3. The maximum absolute atomic E-state index is 11.4. The van der Waals surface area contributed by atoms with Gasteiger partial charge in [-0.2, -0.15) is 0 Å². The van der Waals surface area contributed by atoms with Gasteiger partial charge in [-0.05, 0) is 26.0 Å². The van der Waals surface area contributed by atoms with Crippen LogP contribution < -0.4 is 10.1 Å². The zero-order valence-electron chi connectivity index (χ0n) is 11.1. The predicted octanol–water partition coefficient (Wildman–Crippen LogP) is 1.99. The lowest BCUT2D eigenvalue weighted by molar-refractivity contribution is -0.146. The number of hydrogen-bond acceptors (Lipinski definition) is 4. The third-order valence-electron chi connectivity index (χ3n) is 3.11. The minimum Gasteiger partial charge on any atom is -0.495 e. The number of methoxy groups -OCH3 is 2. The lowest BCUT2D eigenvalue weighted by Gasteiger charge is -2.32. The molecule has 0 fully saturated rings. The van der Waals surface area contributed by atoms with Crippen molar-refractivity contribution in [1.29, 1.82) is 0 Å². The second kappa shape index (κ2) is 5.73. The Bertz CT molecular complexity index is 421. The molecule has 0 aliphatic carbocycles. The van der Waals surface area contributed by atoms with Crippen LogP contribution in [-0.2, 0) is 9.53 Å². The van der Waals surface area contributed by atoms with Crippen LogP contribution >= 0.6 is 0 Å². The molecule has 0 radical (unpaired) electrons. The molecule has 1 aromatic carbocycles. The number of carboxylic acids is 1. The fourth-order valence-corrected chi connectivity index (χ4v) is 1.59. The van der Waals surface area contributed by atoms with Crippen molar-refractivity contribution in [2.75, 3.05) is 19.5 Å². The molecule has 5 heteroatoms. The van der Waals surface area contributed by atoms with Crippen molar-refractivity contribution in [1.82, 2.24) is 0 Å². The third kappa shape index (κ3) is 2.73. The van der Waals surface area contributed by atoms with Gasteiger partial charge in [0.15, 0.2) is 5.54 Å². The molecule has 0 aromatic heterocycles. The van der Waals surface area contributed by atoms with Gasteiger partial charge >= 0.3 is 5.97 Å². The molecule has 5 nitrogen and oxygen atoms in total. The minimum absolute atomic E-state index is 0.500. The number of ether oxygens (including phenoxy) is 2. The Kier molecular flexibility index (Phi) is 4.55. The van der Waals surface area contributed by atoms with E-state index in [1.165, 1.54) is 7.11 Å². The summed E-state index contributed by atoms with van der Waals surface area (Å²) in [4.78, 5) is 11.4. The first kappa shape index (κ1) is 14.3.